The Kier molecular flexibility index (Phi) is 62.0. The summed E-state index contributed by atoms with van der Waals surface area (Å²) in [7, 11) is 0. The monoisotopic (exact) mass is 270 g/mol. The van der Waals surface area contributed by atoms with E-state index in [1.165, 1.54) is 0 Å². The second-order valence-corrected chi connectivity index (χ2v) is 0.474. The molecule has 0 amide bonds. The number of quaternary nitrogens is 1. The summed E-state index contributed by atoms with van der Waals surface area (Å²) in [6.45, 7) is 0. The Morgan fingerprint density at radius 1 is 1.18 bits per heavy atom. The van der Waals surface area contributed by atoms with Crippen LogP contribution in [-0.2, 0) is 22.4 Å². The van der Waals surface area contributed by atoms with Crippen molar-refractivity contribution in [3.05, 3.63) is 15.3 Å². The summed E-state index contributed by atoms with van der Waals surface area (Å²) in [5.74, 6) is 0. The fraction of sp³-hybridized carbons (Fsp3) is 0. The molecule has 0 unspecified atom stereocenters. The second-order valence-electron chi connectivity index (χ2n) is 0.474. The van der Waals surface area contributed by atoms with E-state index in [2.05, 4.69) is 0 Å². The van der Waals surface area contributed by atoms with Gasteiger partial charge in [-0.2, -0.15) is 0 Å². The molecule has 0 aliphatic rings. The average Bonchev–Trinajstić information content (AvgIpc) is 1.25. The summed E-state index contributed by atoms with van der Waals surface area (Å²) in [5, 5.41) is 31.4. The Bertz CT molecular complexity index is 78.6. The van der Waals surface area contributed by atoms with Crippen LogP contribution in [0.25, 0.3) is 0 Å². The molecule has 0 saturated heterocycles. The van der Waals surface area contributed by atoms with Crippen molar-refractivity contribution in [3.8, 4) is 0 Å². The Balaban J connectivity index is -0.0000000171. The van der Waals surface area contributed by atoms with Crippen LogP contribution in [0.5, 0.6) is 0 Å². The maximum Gasteiger partial charge on any atom is 1.00 e. The molecule has 11 heavy (non-hydrogen) atoms. The zero-order chi connectivity index (χ0) is 7.15. The third-order valence-corrected chi connectivity index (χ3v) is 0. The molecule has 0 spiro atoms. The molecule has 0 rings (SSSR count). The van der Waals surface area contributed by atoms with E-state index in [1.807, 2.05) is 0 Å². The SMILES string of the molecule is O=C([O-])[O-].O=[N+]([O-])[O-].[Ag+].[NH4+].[Na+]. The second kappa shape index (κ2) is 22.5. The van der Waals surface area contributed by atoms with Gasteiger partial charge in [0, 0.05) is 0 Å². The van der Waals surface area contributed by atoms with Crippen molar-refractivity contribution >= 4 is 6.16 Å². The molecule has 0 radical (unpaired) electrons. The molecular weight excluding hydrogens is 267 g/mol. The Morgan fingerprint density at radius 2 is 1.18 bits per heavy atom. The number of carboxylic acid groups (broad SMARTS) is 2. The third-order valence-electron chi connectivity index (χ3n) is 0. The molecule has 0 atom stereocenters. The Hall–Kier alpha value is 0.170. The van der Waals surface area contributed by atoms with E-state index < -0.39 is 11.2 Å². The van der Waals surface area contributed by atoms with Crippen LogP contribution in [0, 0.1) is 15.3 Å². The molecule has 8 nitrogen and oxygen atoms in total. The Morgan fingerprint density at radius 3 is 1.18 bits per heavy atom. The molecule has 66 valence electrons. The largest absolute Gasteiger partial charge is 1.00 e. The van der Waals surface area contributed by atoms with Crippen LogP contribution in [-0.4, -0.2) is 11.2 Å². The molecular formula is CH4AgN2NaO6. The zero-order valence-corrected chi connectivity index (χ0v) is 9.18. The summed E-state index contributed by atoms with van der Waals surface area (Å²) in [4.78, 5) is 16.6. The van der Waals surface area contributed by atoms with Crippen molar-refractivity contribution in [1.29, 1.82) is 0 Å². The van der Waals surface area contributed by atoms with Crippen LogP contribution in [0.4, 0.5) is 4.79 Å². The molecule has 0 bridgehead atoms. The number of carbonyl (C=O) groups excluding carboxylic acids is 1. The van der Waals surface area contributed by atoms with Crippen molar-refractivity contribution in [2.75, 3.05) is 0 Å². The molecule has 0 heterocycles. The van der Waals surface area contributed by atoms with Gasteiger partial charge >= 0.3 is 51.9 Å². The molecule has 0 aromatic heterocycles. The van der Waals surface area contributed by atoms with E-state index in [0.29, 0.717) is 0 Å². The molecule has 0 fully saturated rings. The van der Waals surface area contributed by atoms with Crippen LogP contribution >= 0.6 is 0 Å². The summed E-state index contributed by atoms with van der Waals surface area (Å²) >= 11 is 0. The maximum absolute atomic E-state index is 8.33. The van der Waals surface area contributed by atoms with Gasteiger partial charge in [-0.3, -0.25) is 0 Å². The van der Waals surface area contributed by atoms with Crippen molar-refractivity contribution in [2.24, 2.45) is 0 Å². The average molecular weight is 271 g/mol. The minimum absolute atomic E-state index is 0. The predicted octanol–water partition coefficient (Wildman–Crippen LogP) is -5.31. The predicted molar refractivity (Wildman–Crippen MR) is 21.7 cm³/mol. The quantitative estimate of drug-likeness (QED) is 0.262. The fourth-order valence-electron chi connectivity index (χ4n) is 0. The van der Waals surface area contributed by atoms with E-state index in [4.69, 9.17) is 30.3 Å². The topological polar surface area (TPSA) is 166 Å². The maximum atomic E-state index is 8.33. The summed E-state index contributed by atoms with van der Waals surface area (Å²) in [5.41, 5.74) is 0. The van der Waals surface area contributed by atoms with Gasteiger partial charge < -0.3 is 36.5 Å². The minimum atomic E-state index is -2.33. The van der Waals surface area contributed by atoms with E-state index in [-0.39, 0.29) is 58.1 Å². The van der Waals surface area contributed by atoms with Crippen molar-refractivity contribution in [3.63, 3.8) is 0 Å². The standard InChI is InChI=1S/CH2O3.Ag.NO3.H3N.Na/c2-1(3)4;;2-1(3)4;;/h(H2,2,3,4);;;1H3;/q;+1;-1;;+1/p-1. The van der Waals surface area contributed by atoms with Gasteiger partial charge in [-0.1, -0.05) is 0 Å². The first-order valence-electron chi connectivity index (χ1n) is 1.16. The van der Waals surface area contributed by atoms with E-state index in [1.54, 1.807) is 0 Å². The Labute approximate surface area is 99.1 Å². The van der Waals surface area contributed by atoms with Crippen LogP contribution in [0.1, 0.15) is 0 Å². The van der Waals surface area contributed by atoms with Gasteiger partial charge in [-0.25, -0.2) is 0 Å². The normalized spacial score (nSPS) is 4.36. The summed E-state index contributed by atoms with van der Waals surface area (Å²) in [6.07, 6.45) is -2.33. The van der Waals surface area contributed by atoms with Gasteiger partial charge in [-0.15, -0.1) is 0 Å². The van der Waals surface area contributed by atoms with E-state index >= 15 is 0 Å². The minimum Gasteiger partial charge on any atom is -0.652 e. The molecule has 0 aromatic carbocycles. The van der Waals surface area contributed by atoms with Crippen LogP contribution < -0.4 is 45.9 Å². The van der Waals surface area contributed by atoms with Crippen molar-refractivity contribution < 1.29 is 72.0 Å². The number of nitrogens with zero attached hydrogens (tertiary/aromatic N) is 1. The summed E-state index contributed by atoms with van der Waals surface area (Å²) in [6, 6.07) is 0. The van der Waals surface area contributed by atoms with Gasteiger partial charge in [0.1, 0.15) is 0 Å². The van der Waals surface area contributed by atoms with Gasteiger partial charge in [0.05, 0.1) is 5.09 Å². The molecule has 0 aliphatic heterocycles. The van der Waals surface area contributed by atoms with Gasteiger partial charge in [0.2, 0.25) is 0 Å². The third kappa shape index (κ3) is 23400. The zero-order valence-electron chi connectivity index (χ0n) is 5.70. The molecule has 10 heteroatoms. The van der Waals surface area contributed by atoms with Crippen LogP contribution in [0.2, 0.25) is 0 Å². The fourth-order valence-corrected chi connectivity index (χ4v) is 0. The first-order valence-corrected chi connectivity index (χ1v) is 1.16. The number of rotatable bonds is 0. The number of hydrogen-bond acceptors (Lipinski definition) is 6. The number of hydrogen-bond donors (Lipinski definition) is 1. The van der Waals surface area contributed by atoms with Crippen molar-refractivity contribution in [1.82, 2.24) is 6.15 Å². The van der Waals surface area contributed by atoms with Gasteiger partial charge in [0.15, 0.2) is 0 Å². The van der Waals surface area contributed by atoms with E-state index in [9.17, 15) is 0 Å². The summed E-state index contributed by atoms with van der Waals surface area (Å²) < 4.78 is 0. The van der Waals surface area contributed by atoms with Gasteiger partial charge in [0.25, 0.3) is 0 Å². The van der Waals surface area contributed by atoms with Crippen molar-refractivity contribution in [2.45, 2.75) is 0 Å². The first-order chi connectivity index (χ1) is 3.46. The first kappa shape index (κ1) is 30.3. The smallest absolute Gasteiger partial charge is 0.652 e. The number of carbonyl (C=O) groups is 1. The molecule has 0 saturated carbocycles. The van der Waals surface area contributed by atoms with Crippen LogP contribution in [0.15, 0.2) is 0 Å². The molecule has 4 N–H and O–H groups in total. The van der Waals surface area contributed by atoms with E-state index in [0.717, 1.165) is 0 Å². The van der Waals surface area contributed by atoms with Gasteiger partial charge in [-0.05, 0) is 6.16 Å². The molecule has 0 aromatic rings. The molecule has 0 aliphatic carbocycles. The van der Waals surface area contributed by atoms with Crippen LogP contribution in [0.3, 0.4) is 0 Å².